The van der Waals surface area contributed by atoms with Crippen LogP contribution in [0.15, 0.2) is 29.1 Å². The number of hydrogen-bond acceptors (Lipinski definition) is 4. The topological polar surface area (TPSA) is 86.3 Å². The number of aromatic carboxylic acids is 1. The van der Waals surface area contributed by atoms with Crippen molar-refractivity contribution in [3.8, 4) is 11.4 Å². The quantitative estimate of drug-likeness (QED) is 0.902. The fourth-order valence-electron chi connectivity index (χ4n) is 2.15. The predicted molar refractivity (Wildman–Crippen MR) is 69.6 cm³/mol. The minimum absolute atomic E-state index is 0.0583. The number of rotatable bonds is 4. The van der Waals surface area contributed by atoms with Crippen LogP contribution < -0.4 is 10.4 Å². The van der Waals surface area contributed by atoms with Gasteiger partial charge in [-0.2, -0.15) is 4.68 Å². The number of carboxylic acids is 1. The van der Waals surface area contributed by atoms with Crippen LogP contribution in [0.2, 0.25) is 0 Å². The fourth-order valence-corrected chi connectivity index (χ4v) is 2.15. The van der Waals surface area contributed by atoms with Gasteiger partial charge in [0.1, 0.15) is 11.4 Å². The normalized spacial score (nSPS) is 14.2. The molecule has 0 atom stereocenters. The first-order valence-corrected chi connectivity index (χ1v) is 6.21. The van der Waals surface area contributed by atoms with Crippen LogP contribution in [-0.2, 0) is 0 Å². The standard InChI is InChI=1S/C13H13N3O4/c1-20-10-5-3-2-4-9(10)16-13(19)15(8-6-7-8)11(14-16)12(17)18/h2-5,8H,6-7H2,1H3,(H,17,18). The van der Waals surface area contributed by atoms with Crippen molar-refractivity contribution >= 4 is 5.97 Å². The Hall–Kier alpha value is -2.57. The zero-order valence-corrected chi connectivity index (χ0v) is 10.8. The summed E-state index contributed by atoms with van der Waals surface area (Å²) >= 11 is 0. The van der Waals surface area contributed by atoms with E-state index in [2.05, 4.69) is 5.10 Å². The number of para-hydroxylation sites is 2. The van der Waals surface area contributed by atoms with Crippen LogP contribution in [0.5, 0.6) is 5.75 Å². The average Bonchev–Trinajstić information content (AvgIpc) is 3.22. The maximum absolute atomic E-state index is 12.4. The Morgan fingerprint density at radius 2 is 2.10 bits per heavy atom. The molecular weight excluding hydrogens is 262 g/mol. The van der Waals surface area contributed by atoms with E-state index in [0.29, 0.717) is 11.4 Å². The first kappa shape index (κ1) is 12.5. The molecule has 20 heavy (non-hydrogen) atoms. The van der Waals surface area contributed by atoms with Crippen LogP contribution in [0.4, 0.5) is 0 Å². The Labute approximate surface area is 114 Å². The molecule has 1 saturated carbocycles. The highest BCUT2D eigenvalue weighted by Gasteiger charge is 2.32. The minimum atomic E-state index is -1.21. The third kappa shape index (κ3) is 1.87. The van der Waals surface area contributed by atoms with Gasteiger partial charge in [-0.3, -0.25) is 4.57 Å². The van der Waals surface area contributed by atoms with Crippen molar-refractivity contribution in [2.75, 3.05) is 7.11 Å². The zero-order valence-electron chi connectivity index (χ0n) is 10.8. The van der Waals surface area contributed by atoms with Gasteiger partial charge < -0.3 is 9.84 Å². The van der Waals surface area contributed by atoms with Gasteiger partial charge in [-0.1, -0.05) is 12.1 Å². The number of nitrogens with zero attached hydrogens (tertiary/aromatic N) is 3. The molecule has 0 radical (unpaired) electrons. The summed E-state index contributed by atoms with van der Waals surface area (Å²) in [6.07, 6.45) is 1.61. The van der Waals surface area contributed by atoms with Crippen molar-refractivity contribution in [1.82, 2.24) is 14.3 Å². The first-order valence-electron chi connectivity index (χ1n) is 6.21. The molecule has 1 aromatic carbocycles. The Morgan fingerprint density at radius 1 is 1.40 bits per heavy atom. The molecule has 7 nitrogen and oxygen atoms in total. The van der Waals surface area contributed by atoms with Crippen molar-refractivity contribution < 1.29 is 14.6 Å². The Bertz CT molecular complexity index is 727. The van der Waals surface area contributed by atoms with E-state index < -0.39 is 11.7 Å². The molecule has 7 heteroatoms. The molecule has 1 aromatic heterocycles. The van der Waals surface area contributed by atoms with Crippen molar-refractivity contribution in [3.05, 3.63) is 40.6 Å². The fraction of sp³-hybridized carbons (Fsp3) is 0.308. The Morgan fingerprint density at radius 3 is 2.70 bits per heavy atom. The van der Waals surface area contributed by atoms with Gasteiger partial charge in [0, 0.05) is 6.04 Å². The van der Waals surface area contributed by atoms with Crippen molar-refractivity contribution in [3.63, 3.8) is 0 Å². The second kappa shape index (κ2) is 4.52. The van der Waals surface area contributed by atoms with Crippen molar-refractivity contribution in [1.29, 1.82) is 0 Å². The maximum Gasteiger partial charge on any atom is 0.374 e. The second-order valence-corrected chi connectivity index (χ2v) is 4.60. The van der Waals surface area contributed by atoms with E-state index in [0.717, 1.165) is 17.5 Å². The van der Waals surface area contributed by atoms with Gasteiger partial charge in [-0.15, -0.1) is 5.10 Å². The van der Waals surface area contributed by atoms with Gasteiger partial charge in [0.2, 0.25) is 5.82 Å². The minimum Gasteiger partial charge on any atom is -0.494 e. The number of carbonyl (C=O) groups is 1. The molecule has 0 aliphatic heterocycles. The van der Waals surface area contributed by atoms with Crippen molar-refractivity contribution in [2.24, 2.45) is 0 Å². The highest BCUT2D eigenvalue weighted by atomic mass is 16.5. The number of carboxylic acid groups (broad SMARTS) is 1. The number of hydrogen-bond donors (Lipinski definition) is 1. The largest absolute Gasteiger partial charge is 0.494 e. The monoisotopic (exact) mass is 275 g/mol. The highest BCUT2D eigenvalue weighted by molar-refractivity contribution is 5.83. The molecule has 104 valence electrons. The summed E-state index contributed by atoms with van der Waals surface area (Å²) in [6, 6.07) is 6.80. The number of ether oxygens (including phenoxy) is 1. The first-order chi connectivity index (χ1) is 9.63. The molecule has 1 fully saturated rings. The van der Waals surface area contributed by atoms with Gasteiger partial charge in [-0.25, -0.2) is 9.59 Å². The molecule has 1 N–H and O–H groups in total. The summed E-state index contributed by atoms with van der Waals surface area (Å²) in [7, 11) is 1.49. The van der Waals surface area contributed by atoms with Gasteiger partial charge in [-0.05, 0) is 25.0 Å². The lowest BCUT2D eigenvalue weighted by Crippen LogP contribution is -2.24. The Kier molecular flexibility index (Phi) is 2.81. The summed E-state index contributed by atoms with van der Waals surface area (Å²) < 4.78 is 7.51. The molecular formula is C13H13N3O4. The van der Waals surface area contributed by atoms with Crippen LogP contribution in [0.25, 0.3) is 5.69 Å². The molecule has 0 saturated heterocycles. The van der Waals surface area contributed by atoms with Crippen LogP contribution in [0.3, 0.4) is 0 Å². The van der Waals surface area contributed by atoms with Crippen LogP contribution in [-0.4, -0.2) is 32.5 Å². The lowest BCUT2D eigenvalue weighted by Gasteiger charge is -2.06. The van der Waals surface area contributed by atoms with Gasteiger partial charge in [0.05, 0.1) is 7.11 Å². The van der Waals surface area contributed by atoms with E-state index in [9.17, 15) is 14.7 Å². The SMILES string of the molecule is COc1ccccc1-n1nc(C(=O)O)n(C2CC2)c1=O. The van der Waals surface area contributed by atoms with Gasteiger partial charge in [0.25, 0.3) is 0 Å². The second-order valence-electron chi connectivity index (χ2n) is 4.60. The zero-order chi connectivity index (χ0) is 14.3. The molecule has 0 amide bonds. The third-order valence-electron chi connectivity index (χ3n) is 3.23. The number of benzene rings is 1. The van der Waals surface area contributed by atoms with E-state index in [1.807, 2.05) is 0 Å². The van der Waals surface area contributed by atoms with Crippen LogP contribution in [0, 0.1) is 0 Å². The van der Waals surface area contributed by atoms with Crippen LogP contribution in [0.1, 0.15) is 29.5 Å². The van der Waals surface area contributed by atoms with E-state index in [-0.39, 0.29) is 11.9 Å². The smallest absolute Gasteiger partial charge is 0.374 e. The van der Waals surface area contributed by atoms with Gasteiger partial charge >= 0.3 is 11.7 Å². The molecule has 3 rings (SSSR count). The summed E-state index contributed by atoms with van der Waals surface area (Å²) in [5.41, 5.74) is -0.0173. The summed E-state index contributed by atoms with van der Waals surface area (Å²) in [5, 5.41) is 13.1. The highest BCUT2D eigenvalue weighted by Crippen LogP contribution is 2.34. The molecule has 0 bridgehead atoms. The Balaban J connectivity index is 2.22. The maximum atomic E-state index is 12.4. The molecule has 0 unspecified atom stereocenters. The predicted octanol–water partition coefficient (Wildman–Crippen LogP) is 1.08. The average molecular weight is 275 g/mol. The summed E-state index contributed by atoms with van der Waals surface area (Å²) in [4.78, 5) is 23.6. The summed E-state index contributed by atoms with van der Waals surface area (Å²) in [6.45, 7) is 0. The van der Waals surface area contributed by atoms with E-state index >= 15 is 0 Å². The third-order valence-corrected chi connectivity index (χ3v) is 3.23. The number of methoxy groups -OCH3 is 1. The molecule has 2 aromatic rings. The molecule has 1 aliphatic rings. The molecule has 1 heterocycles. The molecule has 0 spiro atoms. The van der Waals surface area contributed by atoms with Crippen LogP contribution >= 0.6 is 0 Å². The van der Waals surface area contributed by atoms with Crippen molar-refractivity contribution in [2.45, 2.75) is 18.9 Å². The number of aromatic nitrogens is 3. The lowest BCUT2D eigenvalue weighted by atomic mass is 10.3. The van der Waals surface area contributed by atoms with E-state index in [4.69, 9.17) is 4.74 Å². The molecule has 1 aliphatic carbocycles. The van der Waals surface area contributed by atoms with E-state index in [1.54, 1.807) is 24.3 Å². The summed E-state index contributed by atoms with van der Waals surface area (Å²) in [5.74, 6) is -0.974. The lowest BCUT2D eigenvalue weighted by molar-refractivity contribution is 0.0676. The van der Waals surface area contributed by atoms with Gasteiger partial charge in [0.15, 0.2) is 0 Å². The van der Waals surface area contributed by atoms with E-state index in [1.165, 1.54) is 11.7 Å².